The molecule has 78 valence electrons. The molecule has 0 saturated carbocycles. The van der Waals surface area contributed by atoms with Gasteiger partial charge in [0.1, 0.15) is 6.54 Å². The molecule has 0 spiro atoms. The molecule has 0 aromatic heterocycles. The van der Waals surface area contributed by atoms with E-state index < -0.39 is 0 Å². The number of benzene rings is 1. The lowest BCUT2D eigenvalue weighted by Gasteiger charge is -2.05. The number of hydrogen-bond donors (Lipinski definition) is 2. The monoisotopic (exact) mass is 223 g/mol. The molecule has 2 N–H and O–H groups in total. The Labute approximate surface area is 92.8 Å². The van der Waals surface area contributed by atoms with Crippen molar-refractivity contribution < 1.29 is 4.79 Å². The number of nitrogens with one attached hydrogen (secondary N) is 2. The summed E-state index contributed by atoms with van der Waals surface area (Å²) in [4.78, 5) is 11.1. The number of carbonyl (C=O) groups is 1. The molecular weight excluding hydrogens is 214 g/mol. The molecule has 15 heavy (non-hydrogen) atoms. The van der Waals surface area contributed by atoms with Crippen molar-refractivity contribution in [2.75, 3.05) is 6.54 Å². The van der Waals surface area contributed by atoms with Crippen LogP contribution in [0.1, 0.15) is 5.56 Å². The summed E-state index contributed by atoms with van der Waals surface area (Å²) in [5, 5.41) is 13.8. The number of halogens is 1. The summed E-state index contributed by atoms with van der Waals surface area (Å²) in [6.07, 6.45) is 0. The van der Waals surface area contributed by atoms with Crippen LogP contribution in [0.2, 0.25) is 5.02 Å². The van der Waals surface area contributed by atoms with E-state index in [2.05, 4.69) is 10.6 Å². The van der Waals surface area contributed by atoms with E-state index >= 15 is 0 Å². The van der Waals surface area contributed by atoms with Crippen LogP contribution in [0.4, 0.5) is 4.79 Å². The Morgan fingerprint density at radius 1 is 1.47 bits per heavy atom. The molecule has 0 saturated heterocycles. The van der Waals surface area contributed by atoms with Crippen LogP contribution in [0.3, 0.4) is 0 Å². The molecule has 1 rings (SSSR count). The fraction of sp³-hybridized carbons (Fsp3) is 0.200. The standard InChI is InChI=1S/C10H10ClN3O/c11-9-3-1-2-8(6-9)7-14-10(15)13-5-4-12/h1-3,6H,5,7H2,(H2,13,14,15). The number of amides is 2. The van der Waals surface area contributed by atoms with Gasteiger partial charge in [0.2, 0.25) is 0 Å². The summed E-state index contributed by atoms with van der Waals surface area (Å²) in [5.41, 5.74) is 0.912. The zero-order valence-electron chi connectivity index (χ0n) is 7.96. The summed E-state index contributed by atoms with van der Waals surface area (Å²) in [7, 11) is 0. The lowest BCUT2D eigenvalue weighted by molar-refractivity contribution is 0.241. The third-order valence-corrected chi connectivity index (χ3v) is 1.91. The van der Waals surface area contributed by atoms with Crippen LogP contribution < -0.4 is 10.6 Å². The number of carbonyl (C=O) groups excluding carboxylic acids is 1. The van der Waals surface area contributed by atoms with Gasteiger partial charge >= 0.3 is 6.03 Å². The van der Waals surface area contributed by atoms with Gasteiger partial charge in [0, 0.05) is 11.6 Å². The topological polar surface area (TPSA) is 64.9 Å². The molecular formula is C10H10ClN3O. The first kappa shape index (κ1) is 11.3. The van der Waals surface area contributed by atoms with Gasteiger partial charge in [0.05, 0.1) is 6.07 Å². The van der Waals surface area contributed by atoms with Crippen LogP contribution in [-0.4, -0.2) is 12.6 Å². The van der Waals surface area contributed by atoms with E-state index in [0.717, 1.165) is 5.56 Å². The lowest BCUT2D eigenvalue weighted by Crippen LogP contribution is -2.35. The highest BCUT2D eigenvalue weighted by molar-refractivity contribution is 6.30. The summed E-state index contributed by atoms with van der Waals surface area (Å²) >= 11 is 5.77. The summed E-state index contributed by atoms with van der Waals surface area (Å²) in [5.74, 6) is 0. The van der Waals surface area contributed by atoms with Crippen LogP contribution in [0, 0.1) is 11.3 Å². The molecule has 0 fully saturated rings. The minimum atomic E-state index is -0.364. The third-order valence-electron chi connectivity index (χ3n) is 1.67. The fourth-order valence-corrected chi connectivity index (χ4v) is 1.22. The van der Waals surface area contributed by atoms with E-state index in [1.54, 1.807) is 12.1 Å². The maximum Gasteiger partial charge on any atom is 0.315 e. The molecule has 1 aromatic rings. The predicted molar refractivity (Wildman–Crippen MR) is 57.3 cm³/mol. The Morgan fingerprint density at radius 3 is 2.93 bits per heavy atom. The van der Waals surface area contributed by atoms with Crippen LogP contribution in [-0.2, 0) is 6.54 Å². The highest BCUT2D eigenvalue weighted by atomic mass is 35.5. The molecule has 4 nitrogen and oxygen atoms in total. The number of urea groups is 1. The van der Waals surface area contributed by atoms with Crippen molar-refractivity contribution in [1.82, 2.24) is 10.6 Å². The first-order valence-electron chi connectivity index (χ1n) is 4.35. The van der Waals surface area contributed by atoms with Gasteiger partial charge in [0.15, 0.2) is 0 Å². The van der Waals surface area contributed by atoms with E-state index in [1.165, 1.54) is 0 Å². The second-order valence-corrected chi connectivity index (χ2v) is 3.26. The Balaban J connectivity index is 2.37. The summed E-state index contributed by atoms with van der Waals surface area (Å²) in [6.45, 7) is 0.388. The highest BCUT2D eigenvalue weighted by Gasteiger charge is 1.99. The third kappa shape index (κ3) is 4.34. The van der Waals surface area contributed by atoms with E-state index in [9.17, 15) is 4.79 Å². The number of hydrogen-bond acceptors (Lipinski definition) is 2. The Morgan fingerprint density at radius 2 is 2.27 bits per heavy atom. The van der Waals surface area contributed by atoms with Gasteiger partial charge in [-0.1, -0.05) is 23.7 Å². The van der Waals surface area contributed by atoms with Crippen LogP contribution in [0.15, 0.2) is 24.3 Å². The van der Waals surface area contributed by atoms with Crippen LogP contribution in [0.25, 0.3) is 0 Å². The predicted octanol–water partition coefficient (Wildman–Crippen LogP) is 1.66. The molecule has 0 unspecified atom stereocenters. The van der Waals surface area contributed by atoms with E-state index in [-0.39, 0.29) is 12.6 Å². The number of nitriles is 1. The maximum absolute atomic E-state index is 11.1. The molecule has 0 aliphatic rings. The van der Waals surface area contributed by atoms with Gasteiger partial charge in [-0.05, 0) is 17.7 Å². The van der Waals surface area contributed by atoms with Gasteiger partial charge in [-0.2, -0.15) is 5.26 Å². The Hall–Kier alpha value is -1.73. The quantitative estimate of drug-likeness (QED) is 0.766. The minimum absolute atomic E-state index is 0.00137. The molecule has 0 aliphatic heterocycles. The Kier molecular flexibility index (Phi) is 4.45. The van der Waals surface area contributed by atoms with E-state index in [4.69, 9.17) is 16.9 Å². The molecule has 0 atom stereocenters. The van der Waals surface area contributed by atoms with Gasteiger partial charge in [0.25, 0.3) is 0 Å². The van der Waals surface area contributed by atoms with Crippen LogP contribution >= 0.6 is 11.6 Å². The largest absolute Gasteiger partial charge is 0.334 e. The van der Waals surface area contributed by atoms with Crippen molar-refractivity contribution in [3.8, 4) is 6.07 Å². The van der Waals surface area contributed by atoms with Gasteiger partial charge in [-0.25, -0.2) is 4.79 Å². The highest BCUT2D eigenvalue weighted by Crippen LogP contribution is 2.09. The normalized spacial score (nSPS) is 9.07. The smallest absolute Gasteiger partial charge is 0.315 e. The molecule has 0 bridgehead atoms. The zero-order chi connectivity index (χ0) is 11.1. The molecule has 0 radical (unpaired) electrons. The van der Waals surface area contributed by atoms with E-state index in [0.29, 0.717) is 11.6 Å². The molecule has 2 amide bonds. The second kappa shape index (κ2) is 5.89. The second-order valence-electron chi connectivity index (χ2n) is 2.82. The summed E-state index contributed by atoms with van der Waals surface area (Å²) < 4.78 is 0. The minimum Gasteiger partial charge on any atom is -0.334 e. The SMILES string of the molecule is N#CCNC(=O)NCc1cccc(Cl)c1. The van der Waals surface area contributed by atoms with Crippen molar-refractivity contribution in [2.45, 2.75) is 6.54 Å². The Bertz CT molecular complexity index is 386. The average molecular weight is 224 g/mol. The van der Waals surface area contributed by atoms with Gasteiger partial charge in [-0.15, -0.1) is 0 Å². The first-order chi connectivity index (χ1) is 7.22. The summed E-state index contributed by atoms with van der Waals surface area (Å²) in [6, 6.07) is 8.65. The molecule has 0 heterocycles. The van der Waals surface area contributed by atoms with Gasteiger partial charge in [-0.3, -0.25) is 0 Å². The number of rotatable bonds is 3. The van der Waals surface area contributed by atoms with Crippen molar-refractivity contribution in [2.24, 2.45) is 0 Å². The van der Waals surface area contributed by atoms with Gasteiger partial charge < -0.3 is 10.6 Å². The molecule has 0 aliphatic carbocycles. The van der Waals surface area contributed by atoms with Crippen LogP contribution in [0.5, 0.6) is 0 Å². The average Bonchev–Trinajstić information content (AvgIpc) is 2.23. The van der Waals surface area contributed by atoms with Crippen molar-refractivity contribution in [3.63, 3.8) is 0 Å². The van der Waals surface area contributed by atoms with Crippen molar-refractivity contribution >= 4 is 17.6 Å². The van der Waals surface area contributed by atoms with Crippen molar-refractivity contribution in [1.29, 1.82) is 5.26 Å². The molecule has 5 heteroatoms. The van der Waals surface area contributed by atoms with E-state index in [1.807, 2.05) is 18.2 Å². The zero-order valence-corrected chi connectivity index (χ0v) is 8.71. The van der Waals surface area contributed by atoms with Crippen molar-refractivity contribution in [3.05, 3.63) is 34.9 Å². The molecule has 1 aromatic carbocycles. The first-order valence-corrected chi connectivity index (χ1v) is 4.73. The maximum atomic E-state index is 11.1. The number of nitrogens with zero attached hydrogens (tertiary/aromatic N) is 1. The lowest BCUT2D eigenvalue weighted by atomic mass is 10.2. The fourth-order valence-electron chi connectivity index (χ4n) is 1.01.